The van der Waals surface area contributed by atoms with Gasteiger partial charge in [-0.1, -0.05) is 42.5 Å². The highest BCUT2D eigenvalue weighted by molar-refractivity contribution is 5.88. The van der Waals surface area contributed by atoms with Gasteiger partial charge in [-0.25, -0.2) is 0 Å². The molecule has 2 rings (SSSR count). The first kappa shape index (κ1) is 27.3. The molecular formula is C25H33N5O5. The third kappa shape index (κ3) is 10.3. The average Bonchev–Trinajstić information content (AvgIpc) is 2.81. The fourth-order valence-corrected chi connectivity index (χ4v) is 3.44. The summed E-state index contributed by atoms with van der Waals surface area (Å²) in [4.78, 5) is 48.2. The van der Waals surface area contributed by atoms with Crippen molar-refractivity contribution < 1.29 is 24.3 Å². The fraction of sp³-hybridized carbons (Fsp3) is 0.360. The minimum atomic E-state index is -0.807. The van der Waals surface area contributed by atoms with Crippen LogP contribution >= 0.6 is 0 Å². The smallest absolute Gasteiger partial charge is 0.243 e. The Hall–Kier alpha value is -3.92. The van der Waals surface area contributed by atoms with Crippen LogP contribution in [0.3, 0.4) is 0 Å². The third-order valence-electron chi connectivity index (χ3n) is 5.17. The van der Waals surface area contributed by atoms with E-state index in [1.165, 1.54) is 19.1 Å². The van der Waals surface area contributed by atoms with E-state index in [1.54, 1.807) is 19.1 Å². The number of benzene rings is 2. The number of hydrogen-bond acceptors (Lipinski definition) is 6. The summed E-state index contributed by atoms with van der Waals surface area (Å²) in [5, 5.41) is 20.6. The first-order valence-electron chi connectivity index (χ1n) is 11.3. The second-order valence-electron chi connectivity index (χ2n) is 8.37. The second-order valence-corrected chi connectivity index (χ2v) is 8.37. The summed E-state index contributed by atoms with van der Waals surface area (Å²) in [5.74, 6) is -1.63. The molecule has 2 aromatic rings. The Kier molecular flexibility index (Phi) is 10.7. The number of rotatable bonds is 13. The van der Waals surface area contributed by atoms with Crippen LogP contribution in [0.1, 0.15) is 25.0 Å². The molecule has 10 heteroatoms. The summed E-state index contributed by atoms with van der Waals surface area (Å²) >= 11 is 0. The number of nitrogens with one attached hydrogen (secondary N) is 4. The summed E-state index contributed by atoms with van der Waals surface area (Å²) in [6.45, 7) is 3.10. The van der Waals surface area contributed by atoms with Gasteiger partial charge in [-0.15, -0.1) is 0 Å². The van der Waals surface area contributed by atoms with Gasteiger partial charge in [0.25, 0.3) is 0 Å². The maximum absolute atomic E-state index is 12.9. The first-order chi connectivity index (χ1) is 16.6. The number of aromatic hydroxyl groups is 1. The average molecular weight is 484 g/mol. The van der Waals surface area contributed by atoms with Gasteiger partial charge in [0.2, 0.25) is 23.6 Å². The van der Waals surface area contributed by atoms with Crippen molar-refractivity contribution in [2.75, 3.05) is 13.1 Å². The molecule has 0 aliphatic carbocycles. The number of nitrogens with two attached hydrogens (primary N) is 1. The maximum Gasteiger partial charge on any atom is 0.243 e. The first-order valence-corrected chi connectivity index (χ1v) is 11.3. The quantitative estimate of drug-likeness (QED) is 0.230. The van der Waals surface area contributed by atoms with Crippen molar-refractivity contribution in [2.24, 2.45) is 5.73 Å². The lowest BCUT2D eigenvalue weighted by atomic mass is 10.0. The molecular weight excluding hydrogens is 450 g/mol. The molecule has 0 spiro atoms. The summed E-state index contributed by atoms with van der Waals surface area (Å²) in [5.41, 5.74) is 6.83. The molecule has 10 nitrogen and oxygen atoms in total. The molecule has 0 fully saturated rings. The predicted molar refractivity (Wildman–Crippen MR) is 131 cm³/mol. The highest BCUT2D eigenvalue weighted by Gasteiger charge is 2.23. The normalized spacial score (nSPS) is 13.2. The lowest BCUT2D eigenvalue weighted by Gasteiger charge is -2.24. The van der Waals surface area contributed by atoms with Gasteiger partial charge in [0.15, 0.2) is 0 Å². The van der Waals surface area contributed by atoms with Crippen molar-refractivity contribution in [1.82, 2.24) is 21.3 Å². The molecule has 0 aliphatic rings. The molecule has 2 aromatic carbocycles. The molecule has 35 heavy (non-hydrogen) atoms. The van der Waals surface area contributed by atoms with E-state index in [9.17, 15) is 24.3 Å². The minimum Gasteiger partial charge on any atom is -0.508 e. The summed E-state index contributed by atoms with van der Waals surface area (Å²) in [6.07, 6.45) is 0.624. The van der Waals surface area contributed by atoms with Crippen LogP contribution in [0.2, 0.25) is 0 Å². The molecule has 4 amide bonds. The molecule has 0 aliphatic heterocycles. The van der Waals surface area contributed by atoms with Crippen molar-refractivity contribution in [3.05, 3.63) is 65.7 Å². The number of hydrogen-bond donors (Lipinski definition) is 6. The summed E-state index contributed by atoms with van der Waals surface area (Å²) < 4.78 is 0. The Bertz CT molecular complexity index is 997. The van der Waals surface area contributed by atoms with Crippen molar-refractivity contribution >= 4 is 23.6 Å². The number of carbonyl (C=O) groups is 4. The standard InChI is InChI=1S/C25H33N5O5/c1-16(29-25(35)22(30-17(2)31)13-19-8-10-20(32)11-9-19)14-27-21(24(34)28-15-23(26)33)12-18-6-4-3-5-7-18/h3-11,16,21-22,27,32H,12-15H2,1-2H3,(H2,26,33)(H,28,34)(H,29,35)(H,30,31)/t16-,21+,22+/m1/s1. The Morgan fingerprint density at radius 1 is 0.857 bits per heavy atom. The van der Waals surface area contributed by atoms with Crippen LogP contribution in [-0.2, 0) is 32.0 Å². The molecule has 7 N–H and O–H groups in total. The van der Waals surface area contributed by atoms with Gasteiger partial charge in [-0.2, -0.15) is 0 Å². The summed E-state index contributed by atoms with van der Waals surface area (Å²) in [6, 6.07) is 14.0. The molecule has 0 bridgehead atoms. The zero-order chi connectivity index (χ0) is 25.8. The van der Waals surface area contributed by atoms with Gasteiger partial charge in [-0.05, 0) is 36.6 Å². The SMILES string of the molecule is CC(=O)N[C@@H](Cc1ccc(O)cc1)C(=O)N[C@H](C)CN[C@@H](Cc1ccccc1)C(=O)NCC(N)=O. The Morgan fingerprint density at radius 2 is 1.46 bits per heavy atom. The molecule has 0 saturated heterocycles. The van der Waals surface area contributed by atoms with E-state index in [0.29, 0.717) is 6.42 Å². The number of primary amides is 1. The van der Waals surface area contributed by atoms with Crippen LogP contribution in [0.15, 0.2) is 54.6 Å². The zero-order valence-corrected chi connectivity index (χ0v) is 19.9. The topological polar surface area (TPSA) is 163 Å². The molecule has 0 radical (unpaired) electrons. The van der Waals surface area contributed by atoms with Crippen LogP contribution in [0.25, 0.3) is 0 Å². The number of phenolic OH excluding ortho intramolecular Hbond substituents is 1. The van der Waals surface area contributed by atoms with Crippen molar-refractivity contribution in [1.29, 1.82) is 0 Å². The van der Waals surface area contributed by atoms with Crippen molar-refractivity contribution in [3.63, 3.8) is 0 Å². The van der Waals surface area contributed by atoms with Crippen LogP contribution in [0.4, 0.5) is 0 Å². The van der Waals surface area contributed by atoms with Gasteiger partial charge in [0.1, 0.15) is 11.8 Å². The molecule has 0 aromatic heterocycles. The highest BCUT2D eigenvalue weighted by atomic mass is 16.3. The van der Waals surface area contributed by atoms with Crippen molar-refractivity contribution in [3.8, 4) is 5.75 Å². The molecule has 0 saturated carbocycles. The zero-order valence-electron chi connectivity index (χ0n) is 19.9. The van der Waals surface area contributed by atoms with E-state index in [1.807, 2.05) is 30.3 Å². The van der Waals surface area contributed by atoms with E-state index in [2.05, 4.69) is 21.3 Å². The van der Waals surface area contributed by atoms with Gasteiger partial charge in [0.05, 0.1) is 12.6 Å². The maximum atomic E-state index is 12.9. The van der Waals surface area contributed by atoms with Crippen LogP contribution in [-0.4, -0.2) is 60.0 Å². The second kappa shape index (κ2) is 13.7. The lowest BCUT2D eigenvalue weighted by Crippen LogP contribution is -2.54. The lowest BCUT2D eigenvalue weighted by molar-refractivity contribution is -0.128. The van der Waals surface area contributed by atoms with Gasteiger partial charge < -0.3 is 32.1 Å². The molecule has 3 atom stereocenters. The third-order valence-corrected chi connectivity index (χ3v) is 5.17. The largest absolute Gasteiger partial charge is 0.508 e. The molecule has 188 valence electrons. The number of carbonyl (C=O) groups excluding carboxylic acids is 4. The van der Waals surface area contributed by atoms with Gasteiger partial charge in [-0.3, -0.25) is 19.2 Å². The van der Waals surface area contributed by atoms with Gasteiger partial charge in [0, 0.05) is 25.9 Å². The number of phenols is 1. The van der Waals surface area contributed by atoms with E-state index in [-0.39, 0.29) is 49.0 Å². The predicted octanol–water partition coefficient (Wildman–Crippen LogP) is -0.253. The Morgan fingerprint density at radius 3 is 2.06 bits per heavy atom. The van der Waals surface area contributed by atoms with E-state index in [0.717, 1.165) is 11.1 Å². The van der Waals surface area contributed by atoms with Crippen LogP contribution in [0, 0.1) is 0 Å². The fourth-order valence-electron chi connectivity index (χ4n) is 3.44. The minimum absolute atomic E-state index is 0.110. The van der Waals surface area contributed by atoms with E-state index in [4.69, 9.17) is 5.73 Å². The molecule has 0 unspecified atom stereocenters. The van der Waals surface area contributed by atoms with E-state index >= 15 is 0 Å². The highest BCUT2D eigenvalue weighted by Crippen LogP contribution is 2.11. The molecule has 0 heterocycles. The Labute approximate surface area is 204 Å². The summed E-state index contributed by atoms with van der Waals surface area (Å²) in [7, 11) is 0. The van der Waals surface area contributed by atoms with Gasteiger partial charge >= 0.3 is 0 Å². The van der Waals surface area contributed by atoms with Crippen LogP contribution < -0.4 is 27.0 Å². The van der Waals surface area contributed by atoms with Crippen LogP contribution in [0.5, 0.6) is 5.75 Å². The van der Waals surface area contributed by atoms with E-state index < -0.39 is 18.0 Å². The Balaban J connectivity index is 1.99. The number of amides is 4. The monoisotopic (exact) mass is 483 g/mol. The van der Waals surface area contributed by atoms with Crippen molar-refractivity contribution in [2.45, 2.75) is 44.8 Å².